The van der Waals surface area contributed by atoms with E-state index in [-0.39, 0.29) is 12.2 Å². The third kappa shape index (κ3) is 6.97. The molecule has 6 atom stereocenters. The van der Waals surface area contributed by atoms with Gasteiger partial charge in [-0.05, 0) is 26.3 Å². The maximum Gasteiger partial charge on any atom is 0.408 e. The van der Waals surface area contributed by atoms with Crippen LogP contribution in [0.4, 0.5) is 10.6 Å². The minimum absolute atomic E-state index is 0.125. The summed E-state index contributed by atoms with van der Waals surface area (Å²) < 4.78 is 11.1. The first-order chi connectivity index (χ1) is 18.6. The topological polar surface area (TPSA) is 204 Å². The van der Waals surface area contributed by atoms with Crippen molar-refractivity contribution < 1.29 is 34.4 Å². The molecule has 0 bridgehead atoms. The lowest BCUT2D eigenvalue weighted by molar-refractivity contribution is -0.185. The summed E-state index contributed by atoms with van der Waals surface area (Å²) >= 11 is 0. The Balaban J connectivity index is 1.48. The van der Waals surface area contributed by atoms with E-state index in [4.69, 9.17) is 9.47 Å². The average Bonchev–Trinajstić information content (AvgIpc) is 3.37. The molecule has 1 aliphatic heterocycles. The molecule has 0 radical (unpaired) electrons. The fourth-order valence-electron chi connectivity index (χ4n) is 4.20. The van der Waals surface area contributed by atoms with Gasteiger partial charge in [0.05, 0.1) is 19.0 Å². The Labute approximate surface area is 224 Å². The highest BCUT2D eigenvalue weighted by molar-refractivity contribution is 5.86. The quantitative estimate of drug-likeness (QED) is 0.199. The summed E-state index contributed by atoms with van der Waals surface area (Å²) in [4.78, 5) is 40.9. The summed E-state index contributed by atoms with van der Waals surface area (Å²) in [7, 11) is 0. The number of amides is 2. The highest BCUT2D eigenvalue weighted by Gasteiger charge is 2.46. The Kier molecular flexibility index (Phi) is 8.60. The molecule has 3 aromatic rings. The minimum atomic E-state index is -1.55. The number of fused-ring (bicyclic) bond motifs is 1. The van der Waals surface area contributed by atoms with Gasteiger partial charge >= 0.3 is 6.09 Å². The van der Waals surface area contributed by atoms with E-state index in [1.807, 2.05) is 6.07 Å². The first kappa shape index (κ1) is 28.2. The number of hydrogen-bond acceptors (Lipinski definition) is 11. The Bertz CT molecular complexity index is 1260. The van der Waals surface area contributed by atoms with Gasteiger partial charge in [-0.15, -0.1) is 0 Å². The number of hydrogen-bond donors (Lipinski definition) is 7. The molecule has 0 spiro atoms. The van der Waals surface area contributed by atoms with Crippen molar-refractivity contribution in [3.63, 3.8) is 0 Å². The highest BCUT2D eigenvalue weighted by Crippen LogP contribution is 2.24. The predicted octanol–water partition coefficient (Wildman–Crippen LogP) is -0.175. The normalized spacial score (nSPS) is 24.1. The number of benzene rings is 1. The second kappa shape index (κ2) is 11.9. The molecule has 3 heterocycles. The highest BCUT2D eigenvalue weighted by atomic mass is 16.6. The molecule has 4 rings (SSSR count). The Morgan fingerprint density at radius 1 is 1.13 bits per heavy atom. The maximum atomic E-state index is 13.4. The van der Waals surface area contributed by atoms with Crippen LogP contribution in [0.15, 0.2) is 43.0 Å². The monoisotopic (exact) mass is 543 g/mol. The van der Waals surface area contributed by atoms with Crippen LogP contribution >= 0.6 is 0 Å². The molecule has 39 heavy (non-hydrogen) atoms. The molecule has 14 heteroatoms. The molecule has 7 N–H and O–H groups in total. The molecule has 1 aromatic carbocycles. The number of alkyl carbamates (subject to hydrolysis) is 1. The number of carbonyl (C=O) groups excluding carboxylic acids is 2. The van der Waals surface area contributed by atoms with E-state index in [2.05, 4.69) is 35.9 Å². The second-order valence-corrected chi connectivity index (χ2v) is 10.1. The van der Waals surface area contributed by atoms with Crippen LogP contribution in [0.25, 0.3) is 11.2 Å². The van der Waals surface area contributed by atoms with Crippen molar-refractivity contribution in [2.24, 2.45) is 0 Å². The number of aliphatic hydroxyl groups is 3. The molecule has 0 aliphatic carbocycles. The molecule has 210 valence electrons. The van der Waals surface area contributed by atoms with Gasteiger partial charge in [0.15, 0.2) is 17.7 Å². The SMILES string of the molecule is CC(C)(C)OC(=O)N[C@H](Cc1ccccc1)C(=O)NC1[C@H](CO)O[C@H](Nc2ncnc3nc[nH]c23)[C@@H](O)[C@@H]1O. The summed E-state index contributed by atoms with van der Waals surface area (Å²) in [6, 6.07) is 6.74. The van der Waals surface area contributed by atoms with E-state index in [1.165, 1.54) is 12.7 Å². The van der Waals surface area contributed by atoms with Crippen molar-refractivity contribution in [2.75, 3.05) is 11.9 Å². The summed E-state index contributed by atoms with van der Waals surface area (Å²) in [5.74, 6) is -0.401. The molecule has 0 saturated carbocycles. The molecule has 2 aromatic heterocycles. The van der Waals surface area contributed by atoms with Crippen LogP contribution in [0, 0.1) is 0 Å². The van der Waals surface area contributed by atoms with Crippen LogP contribution in [-0.4, -0.2) is 96.1 Å². The van der Waals surface area contributed by atoms with Crippen LogP contribution in [-0.2, 0) is 20.7 Å². The maximum absolute atomic E-state index is 13.4. The molecule has 1 fully saturated rings. The number of ether oxygens (including phenoxy) is 2. The lowest BCUT2D eigenvalue weighted by Gasteiger charge is -2.43. The van der Waals surface area contributed by atoms with Crippen LogP contribution in [0.1, 0.15) is 26.3 Å². The van der Waals surface area contributed by atoms with Crippen molar-refractivity contribution >= 4 is 29.0 Å². The third-order valence-corrected chi connectivity index (χ3v) is 6.03. The summed E-state index contributed by atoms with van der Waals surface area (Å²) in [6.07, 6.45) is -3.34. The van der Waals surface area contributed by atoms with Crippen LogP contribution in [0.2, 0.25) is 0 Å². The molecule has 2 amide bonds. The Morgan fingerprint density at radius 2 is 1.87 bits per heavy atom. The zero-order chi connectivity index (χ0) is 28.2. The van der Waals surface area contributed by atoms with Gasteiger partial charge in [-0.2, -0.15) is 0 Å². The molecular formula is C25H33N7O7. The van der Waals surface area contributed by atoms with Gasteiger partial charge in [-0.1, -0.05) is 30.3 Å². The van der Waals surface area contributed by atoms with E-state index in [1.54, 1.807) is 45.0 Å². The molecular weight excluding hydrogens is 510 g/mol. The summed E-state index contributed by atoms with van der Waals surface area (Å²) in [5, 5.41) is 39.9. The van der Waals surface area contributed by atoms with Crippen LogP contribution in [0.5, 0.6) is 0 Å². The van der Waals surface area contributed by atoms with Crippen molar-refractivity contribution in [2.45, 2.75) is 69.4 Å². The van der Waals surface area contributed by atoms with Gasteiger partial charge in [0, 0.05) is 6.42 Å². The van der Waals surface area contributed by atoms with Gasteiger partial charge in [-0.3, -0.25) is 4.79 Å². The van der Waals surface area contributed by atoms with Gasteiger partial charge in [0.2, 0.25) is 5.91 Å². The molecule has 1 unspecified atom stereocenters. The van der Waals surface area contributed by atoms with Crippen molar-refractivity contribution in [3.05, 3.63) is 48.5 Å². The van der Waals surface area contributed by atoms with E-state index in [0.29, 0.717) is 11.2 Å². The largest absolute Gasteiger partial charge is 0.444 e. The molecule has 1 aliphatic rings. The average molecular weight is 544 g/mol. The number of aromatic nitrogens is 4. The first-order valence-corrected chi connectivity index (χ1v) is 12.4. The lowest BCUT2D eigenvalue weighted by Crippen LogP contribution is -2.67. The fraction of sp³-hybridized carbons (Fsp3) is 0.480. The smallest absolute Gasteiger partial charge is 0.408 e. The minimum Gasteiger partial charge on any atom is -0.444 e. The Hall–Kier alpha value is -3.85. The standard InChI is InChI=1S/C25H33N7O7/c1-25(2,3)39-24(37)30-14(9-13-7-5-4-6-8-13)22(36)31-16-15(10-33)38-23(19(35)18(16)34)32-21-17-20(27-11-26-17)28-12-29-21/h4-8,11-12,14-16,18-19,23,33-35H,9-10H2,1-3H3,(H,30,37)(H,31,36)(H2,26,27,28,29,32)/t14-,15+,16?,18-,19+,23+/m1/s1. The fourth-order valence-corrected chi connectivity index (χ4v) is 4.20. The number of anilines is 1. The molecule has 1 saturated heterocycles. The van der Waals surface area contributed by atoms with E-state index in [9.17, 15) is 24.9 Å². The summed E-state index contributed by atoms with van der Waals surface area (Å²) in [5.41, 5.74) is 0.817. The number of aliphatic hydroxyl groups excluding tert-OH is 3. The number of carbonyl (C=O) groups is 2. The number of H-pyrrole nitrogens is 1. The van der Waals surface area contributed by atoms with Crippen LogP contribution in [0.3, 0.4) is 0 Å². The van der Waals surface area contributed by atoms with Gasteiger partial charge in [-0.25, -0.2) is 19.7 Å². The van der Waals surface area contributed by atoms with E-state index >= 15 is 0 Å². The third-order valence-electron chi connectivity index (χ3n) is 6.03. The van der Waals surface area contributed by atoms with Gasteiger partial charge in [0.1, 0.15) is 41.8 Å². The second-order valence-electron chi connectivity index (χ2n) is 10.1. The van der Waals surface area contributed by atoms with Crippen molar-refractivity contribution in [1.29, 1.82) is 0 Å². The summed E-state index contributed by atoms with van der Waals surface area (Å²) in [6.45, 7) is 4.51. The number of nitrogens with zero attached hydrogens (tertiary/aromatic N) is 3. The number of nitrogens with one attached hydrogen (secondary N) is 4. The number of aromatic amines is 1. The van der Waals surface area contributed by atoms with Gasteiger partial charge < -0.3 is 45.7 Å². The van der Waals surface area contributed by atoms with E-state index in [0.717, 1.165) is 5.56 Å². The van der Waals surface area contributed by atoms with Crippen molar-refractivity contribution in [1.82, 2.24) is 30.6 Å². The zero-order valence-corrected chi connectivity index (χ0v) is 21.7. The first-order valence-electron chi connectivity index (χ1n) is 12.4. The predicted molar refractivity (Wildman–Crippen MR) is 138 cm³/mol. The van der Waals surface area contributed by atoms with Crippen molar-refractivity contribution in [3.8, 4) is 0 Å². The lowest BCUT2D eigenvalue weighted by atomic mass is 9.94. The molecule has 14 nitrogen and oxygen atoms in total. The van der Waals surface area contributed by atoms with E-state index < -0.39 is 60.8 Å². The van der Waals surface area contributed by atoms with Crippen LogP contribution < -0.4 is 16.0 Å². The Morgan fingerprint density at radius 3 is 2.56 bits per heavy atom. The number of imidazole rings is 1. The van der Waals surface area contributed by atoms with Gasteiger partial charge in [0.25, 0.3) is 0 Å². The zero-order valence-electron chi connectivity index (χ0n) is 21.7. The number of rotatable bonds is 8.